The number of nitrogens with one attached hydrogen (secondary N) is 1. The first-order valence-corrected chi connectivity index (χ1v) is 8.42. The molecule has 3 nitrogen and oxygen atoms in total. The Bertz CT molecular complexity index is 812. The molecule has 0 spiro atoms. The van der Waals surface area contributed by atoms with Gasteiger partial charge in [0.05, 0.1) is 5.69 Å². The van der Waals surface area contributed by atoms with Crippen LogP contribution in [0, 0.1) is 12.7 Å². The predicted octanol–water partition coefficient (Wildman–Crippen LogP) is 4.74. The Labute approximate surface area is 141 Å². The molecule has 0 radical (unpaired) electrons. The Morgan fingerprint density at radius 3 is 2.67 bits per heavy atom. The molecule has 1 aliphatic rings. The molecule has 0 atom stereocenters. The van der Waals surface area contributed by atoms with Crippen molar-refractivity contribution >= 4 is 5.82 Å². The van der Waals surface area contributed by atoms with Crippen LogP contribution in [-0.2, 0) is 6.42 Å². The third-order valence-corrected chi connectivity index (χ3v) is 4.60. The minimum Gasteiger partial charge on any atom is -0.370 e. The Morgan fingerprint density at radius 1 is 1.04 bits per heavy atom. The van der Waals surface area contributed by atoms with Gasteiger partial charge in [0.1, 0.15) is 17.3 Å². The van der Waals surface area contributed by atoms with Crippen molar-refractivity contribution < 1.29 is 4.39 Å². The summed E-state index contributed by atoms with van der Waals surface area (Å²) in [5, 5.41) is 8.32. The van der Waals surface area contributed by atoms with E-state index < -0.39 is 0 Å². The Morgan fingerprint density at radius 2 is 1.83 bits per heavy atom. The van der Waals surface area contributed by atoms with Crippen LogP contribution in [0.4, 0.5) is 10.2 Å². The summed E-state index contributed by atoms with van der Waals surface area (Å²) in [4.78, 5) is 0. The molecule has 1 N–H and O–H groups in total. The molecule has 4 rings (SSSR count). The first-order valence-electron chi connectivity index (χ1n) is 8.42. The van der Waals surface area contributed by atoms with Crippen molar-refractivity contribution in [1.82, 2.24) is 9.78 Å². The van der Waals surface area contributed by atoms with Crippen LogP contribution in [0.1, 0.15) is 24.0 Å². The van der Waals surface area contributed by atoms with Crippen molar-refractivity contribution in [3.05, 3.63) is 65.5 Å². The van der Waals surface area contributed by atoms with Crippen molar-refractivity contribution in [3.8, 4) is 16.9 Å². The molecule has 0 saturated heterocycles. The van der Waals surface area contributed by atoms with E-state index in [1.807, 2.05) is 28.9 Å². The van der Waals surface area contributed by atoms with Gasteiger partial charge in [0.15, 0.2) is 0 Å². The van der Waals surface area contributed by atoms with Crippen LogP contribution >= 0.6 is 0 Å². The lowest BCUT2D eigenvalue weighted by atomic mass is 10.0. The summed E-state index contributed by atoms with van der Waals surface area (Å²) in [6.07, 6.45) is 3.11. The SMILES string of the molecule is Cc1ccccc1-n1nc(-c2ccccc2F)c2c1NCCCC2. The van der Waals surface area contributed by atoms with Gasteiger partial charge < -0.3 is 5.32 Å². The summed E-state index contributed by atoms with van der Waals surface area (Å²) in [6, 6.07) is 15.0. The highest BCUT2D eigenvalue weighted by atomic mass is 19.1. The molecule has 122 valence electrons. The first-order chi connectivity index (χ1) is 11.8. The van der Waals surface area contributed by atoms with Gasteiger partial charge in [-0.3, -0.25) is 0 Å². The van der Waals surface area contributed by atoms with E-state index in [1.54, 1.807) is 6.07 Å². The van der Waals surface area contributed by atoms with Gasteiger partial charge in [-0.1, -0.05) is 30.3 Å². The van der Waals surface area contributed by atoms with E-state index in [1.165, 1.54) is 6.07 Å². The lowest BCUT2D eigenvalue weighted by molar-refractivity contribution is 0.630. The zero-order valence-electron chi connectivity index (χ0n) is 13.7. The molecule has 0 aliphatic carbocycles. The fourth-order valence-corrected chi connectivity index (χ4v) is 3.35. The smallest absolute Gasteiger partial charge is 0.133 e. The molecular weight excluding hydrogens is 301 g/mol. The molecule has 0 bridgehead atoms. The van der Waals surface area contributed by atoms with Gasteiger partial charge in [0.2, 0.25) is 0 Å². The maximum atomic E-state index is 14.4. The van der Waals surface area contributed by atoms with Gasteiger partial charge in [-0.15, -0.1) is 0 Å². The van der Waals surface area contributed by atoms with E-state index in [0.29, 0.717) is 5.56 Å². The van der Waals surface area contributed by atoms with Crippen LogP contribution in [0.5, 0.6) is 0 Å². The van der Waals surface area contributed by atoms with E-state index in [9.17, 15) is 4.39 Å². The molecule has 24 heavy (non-hydrogen) atoms. The second-order valence-electron chi connectivity index (χ2n) is 6.24. The van der Waals surface area contributed by atoms with E-state index in [-0.39, 0.29) is 5.82 Å². The maximum Gasteiger partial charge on any atom is 0.133 e. The molecule has 0 unspecified atom stereocenters. The number of fused-ring (bicyclic) bond motifs is 1. The molecule has 4 heteroatoms. The highest BCUT2D eigenvalue weighted by molar-refractivity contribution is 5.72. The van der Waals surface area contributed by atoms with Crippen molar-refractivity contribution in [2.75, 3.05) is 11.9 Å². The van der Waals surface area contributed by atoms with E-state index in [2.05, 4.69) is 24.4 Å². The van der Waals surface area contributed by atoms with Gasteiger partial charge in [0, 0.05) is 17.7 Å². The quantitative estimate of drug-likeness (QED) is 0.739. The summed E-state index contributed by atoms with van der Waals surface area (Å²) in [7, 11) is 0. The van der Waals surface area contributed by atoms with Gasteiger partial charge in [0.25, 0.3) is 0 Å². The fraction of sp³-hybridized carbons (Fsp3) is 0.250. The van der Waals surface area contributed by atoms with Crippen molar-refractivity contribution in [2.24, 2.45) is 0 Å². The van der Waals surface area contributed by atoms with E-state index >= 15 is 0 Å². The predicted molar refractivity (Wildman–Crippen MR) is 95.1 cm³/mol. The first kappa shape index (κ1) is 14.9. The summed E-state index contributed by atoms with van der Waals surface area (Å²) in [5.41, 5.74) is 4.62. The fourth-order valence-electron chi connectivity index (χ4n) is 3.35. The third-order valence-electron chi connectivity index (χ3n) is 4.60. The minimum absolute atomic E-state index is 0.223. The van der Waals surface area contributed by atoms with Gasteiger partial charge >= 0.3 is 0 Å². The van der Waals surface area contributed by atoms with Crippen LogP contribution in [0.25, 0.3) is 16.9 Å². The number of anilines is 1. The highest BCUT2D eigenvalue weighted by Gasteiger charge is 2.23. The number of rotatable bonds is 2. The number of benzene rings is 2. The van der Waals surface area contributed by atoms with Gasteiger partial charge in [-0.25, -0.2) is 9.07 Å². The summed E-state index contributed by atoms with van der Waals surface area (Å²) in [5.74, 6) is 0.777. The van der Waals surface area contributed by atoms with Gasteiger partial charge in [-0.05, 0) is 49.9 Å². The van der Waals surface area contributed by atoms with Crippen LogP contribution in [-0.4, -0.2) is 16.3 Å². The number of aryl methyl sites for hydroxylation is 1. The highest BCUT2D eigenvalue weighted by Crippen LogP contribution is 2.35. The Kier molecular flexibility index (Phi) is 3.81. The zero-order valence-corrected chi connectivity index (χ0v) is 13.7. The van der Waals surface area contributed by atoms with Crippen LogP contribution < -0.4 is 5.32 Å². The van der Waals surface area contributed by atoms with Crippen LogP contribution in [0.15, 0.2) is 48.5 Å². The lowest BCUT2D eigenvalue weighted by Crippen LogP contribution is -2.08. The number of nitrogens with zero attached hydrogens (tertiary/aromatic N) is 2. The second-order valence-corrected chi connectivity index (χ2v) is 6.24. The molecule has 3 aromatic rings. The monoisotopic (exact) mass is 321 g/mol. The third kappa shape index (κ3) is 2.48. The summed E-state index contributed by atoms with van der Waals surface area (Å²) in [6.45, 7) is 2.99. The standard InChI is InChI=1S/C20H20FN3/c1-14-8-2-5-12-18(14)24-20-16(10-6-7-13-22-20)19(23-24)15-9-3-4-11-17(15)21/h2-5,8-9,11-12,22H,6-7,10,13H2,1H3. The Hall–Kier alpha value is -2.62. The number of halogens is 1. The van der Waals surface area contributed by atoms with Crippen molar-refractivity contribution in [3.63, 3.8) is 0 Å². The van der Waals surface area contributed by atoms with Crippen LogP contribution in [0.3, 0.4) is 0 Å². The van der Waals surface area contributed by atoms with Crippen LogP contribution in [0.2, 0.25) is 0 Å². The normalized spacial score (nSPS) is 13.9. The average Bonchev–Trinajstić information content (AvgIpc) is 2.78. The molecule has 1 aromatic heterocycles. The number of aromatic nitrogens is 2. The second kappa shape index (κ2) is 6.11. The molecule has 0 amide bonds. The zero-order chi connectivity index (χ0) is 16.5. The average molecular weight is 321 g/mol. The van der Waals surface area contributed by atoms with E-state index in [0.717, 1.165) is 54.1 Å². The number of hydrogen-bond donors (Lipinski definition) is 1. The minimum atomic E-state index is -0.223. The molecule has 2 heterocycles. The maximum absolute atomic E-state index is 14.4. The summed E-state index contributed by atoms with van der Waals surface area (Å²) >= 11 is 0. The molecule has 0 fully saturated rings. The molecule has 1 aliphatic heterocycles. The molecule has 0 saturated carbocycles. The van der Waals surface area contributed by atoms with Gasteiger partial charge in [-0.2, -0.15) is 5.10 Å². The molecule has 2 aromatic carbocycles. The van der Waals surface area contributed by atoms with Crippen molar-refractivity contribution in [2.45, 2.75) is 26.2 Å². The topological polar surface area (TPSA) is 29.9 Å². The number of para-hydroxylation sites is 1. The van der Waals surface area contributed by atoms with Crippen molar-refractivity contribution in [1.29, 1.82) is 0 Å². The largest absolute Gasteiger partial charge is 0.370 e. The summed E-state index contributed by atoms with van der Waals surface area (Å²) < 4.78 is 16.3. The number of hydrogen-bond acceptors (Lipinski definition) is 2. The Balaban J connectivity index is 1.96. The van der Waals surface area contributed by atoms with E-state index in [4.69, 9.17) is 5.10 Å². The molecular formula is C20H20FN3. The lowest BCUT2D eigenvalue weighted by Gasteiger charge is -2.11.